The van der Waals surface area contributed by atoms with Gasteiger partial charge in [-0.2, -0.15) is 0 Å². The number of nitrogens with one attached hydrogen (secondary N) is 2. The molecule has 0 aromatic heterocycles. The van der Waals surface area contributed by atoms with E-state index in [4.69, 9.17) is 0 Å². The Morgan fingerprint density at radius 1 is 1.06 bits per heavy atom. The zero-order valence-corrected chi connectivity index (χ0v) is 20.5. The van der Waals surface area contributed by atoms with Crippen molar-refractivity contribution in [3.63, 3.8) is 0 Å². The van der Waals surface area contributed by atoms with Crippen molar-refractivity contribution in [2.75, 3.05) is 0 Å². The average Bonchev–Trinajstić information content (AvgIpc) is 3.19. The summed E-state index contributed by atoms with van der Waals surface area (Å²) in [6.45, 7) is 0.887. The summed E-state index contributed by atoms with van der Waals surface area (Å²) < 4.78 is 14.8. The van der Waals surface area contributed by atoms with Gasteiger partial charge >= 0.3 is 0 Å². The molecule has 2 aromatic rings. The number of nitrogens with zero attached hydrogens (tertiary/aromatic N) is 1. The molecule has 1 unspecified atom stereocenters. The molecule has 3 aliphatic rings. The highest BCUT2D eigenvalue weighted by molar-refractivity contribution is 7.98. The van der Waals surface area contributed by atoms with E-state index in [1.54, 1.807) is 28.8 Å². The van der Waals surface area contributed by atoms with Crippen molar-refractivity contribution in [3.05, 3.63) is 64.5 Å². The van der Waals surface area contributed by atoms with Crippen molar-refractivity contribution >= 4 is 29.5 Å². The summed E-state index contributed by atoms with van der Waals surface area (Å²) in [7, 11) is 0. The van der Waals surface area contributed by atoms with Gasteiger partial charge in [0, 0.05) is 47.3 Å². The van der Waals surface area contributed by atoms with Gasteiger partial charge in [0.25, 0.3) is 5.91 Å². The third-order valence-corrected chi connectivity index (χ3v) is 8.41. The Hall–Kier alpha value is -2.71. The summed E-state index contributed by atoms with van der Waals surface area (Å²) in [4.78, 5) is 39.3. The van der Waals surface area contributed by atoms with Gasteiger partial charge in [-0.25, -0.2) is 4.39 Å². The second kappa shape index (κ2) is 10.5. The maximum Gasteiger partial charge on any atom is 0.255 e. The molecule has 6 nitrogen and oxygen atoms in total. The molecule has 1 saturated carbocycles. The second-order valence-electron chi connectivity index (χ2n) is 9.61. The highest BCUT2D eigenvalue weighted by Crippen LogP contribution is 2.35. The fourth-order valence-corrected chi connectivity index (χ4v) is 6.26. The van der Waals surface area contributed by atoms with Gasteiger partial charge in [0.05, 0.1) is 0 Å². The number of imide groups is 1. The SMILES string of the molecule is O=C1CCC(N2Cc3c(SCc4ccc(CNC5CCCCC5)c(F)c4)cccc3C2=O)C(=O)N1. The maximum atomic E-state index is 14.8. The molecule has 2 heterocycles. The molecule has 0 radical (unpaired) electrons. The number of hydrogen-bond acceptors (Lipinski definition) is 5. The first kappa shape index (κ1) is 24.0. The van der Waals surface area contributed by atoms with Crippen LogP contribution in [0.4, 0.5) is 4.39 Å². The Balaban J connectivity index is 1.22. The third kappa shape index (κ3) is 5.28. The molecular formula is C27H30FN3O3S. The zero-order valence-electron chi connectivity index (χ0n) is 19.6. The average molecular weight is 496 g/mol. The minimum atomic E-state index is -0.630. The van der Waals surface area contributed by atoms with Crippen molar-refractivity contribution in [2.45, 2.75) is 80.8 Å². The smallest absolute Gasteiger partial charge is 0.255 e. The molecule has 1 aliphatic carbocycles. The molecule has 1 saturated heterocycles. The predicted octanol–water partition coefficient (Wildman–Crippen LogP) is 4.30. The molecule has 5 rings (SSSR count). The van der Waals surface area contributed by atoms with Crippen molar-refractivity contribution in [1.29, 1.82) is 0 Å². The summed E-state index contributed by atoms with van der Waals surface area (Å²) in [6, 6.07) is 10.9. The van der Waals surface area contributed by atoms with Gasteiger partial charge in [0.2, 0.25) is 11.8 Å². The number of carbonyl (C=O) groups excluding carboxylic acids is 3. The Labute approximate surface area is 209 Å². The highest BCUT2D eigenvalue weighted by Gasteiger charge is 2.39. The van der Waals surface area contributed by atoms with E-state index < -0.39 is 11.9 Å². The molecule has 2 fully saturated rings. The quantitative estimate of drug-likeness (QED) is 0.442. The maximum absolute atomic E-state index is 14.8. The standard InChI is InChI=1S/C27H30FN3O3S/c28-22-13-17(9-10-18(22)14-29-19-5-2-1-3-6-19)16-35-24-8-4-7-20-21(24)15-31(27(20)34)23-11-12-25(32)30-26(23)33/h4,7-10,13,19,23,29H,1-3,5-6,11-12,14-16H2,(H,30,32,33). The minimum Gasteiger partial charge on any atom is -0.322 e. The van der Waals surface area contributed by atoms with E-state index in [0.717, 1.165) is 16.0 Å². The van der Waals surface area contributed by atoms with Crippen molar-refractivity contribution < 1.29 is 18.8 Å². The Morgan fingerprint density at radius 3 is 2.66 bits per heavy atom. The summed E-state index contributed by atoms with van der Waals surface area (Å²) in [5.74, 6) is -0.502. The van der Waals surface area contributed by atoms with Crippen LogP contribution in [0.3, 0.4) is 0 Å². The number of piperidine rings is 1. The normalized spacial score (nSPS) is 20.8. The van der Waals surface area contributed by atoms with Crippen LogP contribution < -0.4 is 10.6 Å². The summed E-state index contributed by atoms with van der Waals surface area (Å²) in [5, 5.41) is 5.83. The van der Waals surface area contributed by atoms with Crippen molar-refractivity contribution in [2.24, 2.45) is 0 Å². The van der Waals surface area contributed by atoms with Gasteiger partial charge in [-0.3, -0.25) is 19.7 Å². The van der Waals surface area contributed by atoms with Crippen LogP contribution in [0.25, 0.3) is 0 Å². The van der Waals surface area contributed by atoms with E-state index in [1.165, 1.54) is 32.1 Å². The molecule has 3 amide bonds. The van der Waals surface area contributed by atoms with Gasteiger partial charge in [-0.05, 0) is 48.6 Å². The van der Waals surface area contributed by atoms with Crippen LogP contribution in [0.5, 0.6) is 0 Å². The number of thioether (sulfide) groups is 1. The molecular weight excluding hydrogens is 465 g/mol. The fraction of sp³-hybridized carbons (Fsp3) is 0.444. The van der Waals surface area contributed by atoms with Crippen LogP contribution in [0, 0.1) is 5.82 Å². The second-order valence-corrected chi connectivity index (χ2v) is 10.6. The largest absolute Gasteiger partial charge is 0.322 e. The lowest BCUT2D eigenvalue weighted by molar-refractivity contribution is -0.136. The molecule has 2 aromatic carbocycles. The van der Waals surface area contributed by atoms with Crippen LogP contribution in [0.1, 0.15) is 72.0 Å². The number of benzene rings is 2. The first-order valence-electron chi connectivity index (χ1n) is 12.4. The lowest BCUT2D eigenvalue weighted by atomic mass is 9.95. The van der Waals surface area contributed by atoms with E-state index in [9.17, 15) is 18.8 Å². The van der Waals surface area contributed by atoms with Gasteiger partial charge < -0.3 is 10.2 Å². The number of rotatable bonds is 7. The summed E-state index contributed by atoms with van der Waals surface area (Å²) in [5.41, 5.74) is 3.06. The van der Waals surface area contributed by atoms with E-state index >= 15 is 0 Å². The van der Waals surface area contributed by atoms with Gasteiger partial charge in [-0.1, -0.05) is 37.5 Å². The molecule has 2 aliphatic heterocycles. The Bertz CT molecular complexity index is 1150. The van der Waals surface area contributed by atoms with Crippen LogP contribution >= 0.6 is 11.8 Å². The van der Waals surface area contributed by atoms with E-state index in [0.29, 0.717) is 42.4 Å². The molecule has 1 atom stereocenters. The summed E-state index contributed by atoms with van der Waals surface area (Å²) in [6.07, 6.45) is 6.70. The predicted molar refractivity (Wildman–Crippen MR) is 132 cm³/mol. The molecule has 0 bridgehead atoms. The highest BCUT2D eigenvalue weighted by atomic mass is 32.2. The number of amides is 3. The Morgan fingerprint density at radius 2 is 1.89 bits per heavy atom. The van der Waals surface area contributed by atoms with E-state index in [-0.39, 0.29) is 24.1 Å². The summed E-state index contributed by atoms with van der Waals surface area (Å²) >= 11 is 1.57. The van der Waals surface area contributed by atoms with E-state index in [2.05, 4.69) is 10.6 Å². The first-order valence-corrected chi connectivity index (χ1v) is 13.4. The van der Waals surface area contributed by atoms with Crippen LogP contribution in [-0.2, 0) is 28.4 Å². The lowest BCUT2D eigenvalue weighted by Crippen LogP contribution is -2.52. The number of hydrogen-bond donors (Lipinski definition) is 2. The van der Waals surface area contributed by atoms with E-state index in [1.807, 2.05) is 24.3 Å². The number of halogens is 1. The first-order chi connectivity index (χ1) is 17.0. The van der Waals surface area contributed by atoms with Crippen molar-refractivity contribution in [3.8, 4) is 0 Å². The topological polar surface area (TPSA) is 78.5 Å². The minimum absolute atomic E-state index is 0.183. The Kier molecular flexibility index (Phi) is 7.20. The molecule has 8 heteroatoms. The zero-order chi connectivity index (χ0) is 24.4. The van der Waals surface area contributed by atoms with Crippen LogP contribution in [0.2, 0.25) is 0 Å². The monoisotopic (exact) mass is 495 g/mol. The lowest BCUT2D eigenvalue weighted by Gasteiger charge is -2.29. The number of fused-ring (bicyclic) bond motifs is 1. The third-order valence-electron chi connectivity index (χ3n) is 7.24. The molecule has 35 heavy (non-hydrogen) atoms. The van der Waals surface area contributed by atoms with Gasteiger partial charge in [0.1, 0.15) is 11.9 Å². The van der Waals surface area contributed by atoms with Crippen molar-refractivity contribution in [1.82, 2.24) is 15.5 Å². The van der Waals surface area contributed by atoms with Crippen LogP contribution in [-0.4, -0.2) is 34.7 Å². The number of carbonyl (C=O) groups is 3. The molecule has 184 valence electrons. The van der Waals surface area contributed by atoms with Gasteiger partial charge in [-0.15, -0.1) is 11.8 Å². The van der Waals surface area contributed by atoms with Gasteiger partial charge in [0.15, 0.2) is 0 Å². The molecule has 2 N–H and O–H groups in total. The molecule has 0 spiro atoms. The fourth-order valence-electron chi connectivity index (χ4n) is 5.24. The van der Waals surface area contributed by atoms with Crippen LogP contribution in [0.15, 0.2) is 41.3 Å².